The summed E-state index contributed by atoms with van der Waals surface area (Å²) >= 11 is 3.55. The van der Waals surface area contributed by atoms with E-state index in [0.717, 1.165) is 24.1 Å². The van der Waals surface area contributed by atoms with E-state index < -0.39 is 0 Å². The fraction of sp³-hybridized carbons (Fsp3) is 0.688. The molecule has 1 aliphatic rings. The zero-order valence-electron chi connectivity index (χ0n) is 12.8. The van der Waals surface area contributed by atoms with Crippen LogP contribution < -0.4 is 10.2 Å². The van der Waals surface area contributed by atoms with Gasteiger partial charge in [-0.15, -0.1) is 0 Å². The van der Waals surface area contributed by atoms with E-state index in [9.17, 15) is 0 Å². The molecule has 0 aliphatic carbocycles. The Morgan fingerprint density at radius 1 is 1.50 bits per heavy atom. The van der Waals surface area contributed by atoms with Crippen molar-refractivity contribution in [3.8, 4) is 0 Å². The molecule has 0 spiro atoms. The van der Waals surface area contributed by atoms with E-state index in [1.54, 1.807) is 0 Å². The highest BCUT2D eigenvalue weighted by Gasteiger charge is 2.25. The van der Waals surface area contributed by atoms with Gasteiger partial charge in [-0.1, -0.05) is 20.8 Å². The van der Waals surface area contributed by atoms with E-state index in [-0.39, 0.29) is 0 Å². The third kappa shape index (κ3) is 3.95. The lowest BCUT2D eigenvalue weighted by Crippen LogP contribution is -2.31. The number of anilines is 1. The first kappa shape index (κ1) is 15.8. The summed E-state index contributed by atoms with van der Waals surface area (Å²) in [5.41, 5.74) is 1.31. The predicted octanol–water partition coefficient (Wildman–Crippen LogP) is 3.97. The first-order valence-corrected chi connectivity index (χ1v) is 8.53. The first-order chi connectivity index (χ1) is 9.61. The Balaban J connectivity index is 2.14. The van der Waals surface area contributed by atoms with Crippen molar-refractivity contribution in [2.45, 2.75) is 52.6 Å². The van der Waals surface area contributed by atoms with Gasteiger partial charge >= 0.3 is 0 Å². The second-order valence-corrected chi connectivity index (χ2v) is 6.97. The molecule has 112 valence electrons. The first-order valence-electron chi connectivity index (χ1n) is 7.73. The van der Waals surface area contributed by atoms with E-state index in [2.05, 4.69) is 53.0 Å². The number of nitrogens with one attached hydrogen (secondary N) is 1. The van der Waals surface area contributed by atoms with Gasteiger partial charge in [-0.2, -0.15) is 0 Å². The largest absolute Gasteiger partial charge is 0.353 e. The minimum Gasteiger partial charge on any atom is -0.353 e. The van der Waals surface area contributed by atoms with Crippen LogP contribution in [-0.4, -0.2) is 24.1 Å². The molecule has 1 aromatic rings. The summed E-state index contributed by atoms with van der Waals surface area (Å²) in [6, 6.07) is 2.87. The second-order valence-electron chi connectivity index (χ2n) is 6.06. The van der Waals surface area contributed by atoms with Gasteiger partial charge in [-0.25, -0.2) is 4.98 Å². The van der Waals surface area contributed by atoms with Gasteiger partial charge in [0.1, 0.15) is 5.82 Å². The highest BCUT2D eigenvalue weighted by atomic mass is 79.9. The van der Waals surface area contributed by atoms with E-state index in [0.29, 0.717) is 12.0 Å². The summed E-state index contributed by atoms with van der Waals surface area (Å²) in [5, 5.41) is 3.54. The van der Waals surface area contributed by atoms with E-state index >= 15 is 0 Å². The normalized spacial score (nSPS) is 19.1. The summed E-state index contributed by atoms with van der Waals surface area (Å²) in [5.74, 6) is 1.85. The van der Waals surface area contributed by atoms with Crippen molar-refractivity contribution >= 4 is 21.7 Å². The summed E-state index contributed by atoms with van der Waals surface area (Å²) in [6.07, 6.45) is 5.71. The predicted molar refractivity (Wildman–Crippen MR) is 89.1 cm³/mol. The summed E-state index contributed by atoms with van der Waals surface area (Å²) < 4.78 is 1.06. The van der Waals surface area contributed by atoms with E-state index in [1.807, 2.05) is 6.20 Å². The molecule has 1 saturated heterocycles. The van der Waals surface area contributed by atoms with Crippen LogP contribution in [0.5, 0.6) is 0 Å². The molecule has 2 rings (SSSR count). The Bertz CT molecular complexity index is 434. The molecule has 4 heteroatoms. The fourth-order valence-corrected chi connectivity index (χ4v) is 3.28. The molecule has 20 heavy (non-hydrogen) atoms. The van der Waals surface area contributed by atoms with Gasteiger partial charge in [0.15, 0.2) is 0 Å². The molecule has 1 unspecified atom stereocenters. The van der Waals surface area contributed by atoms with Crippen molar-refractivity contribution in [2.24, 2.45) is 5.92 Å². The smallest absolute Gasteiger partial charge is 0.133 e. The lowest BCUT2D eigenvalue weighted by atomic mass is 10.1. The maximum absolute atomic E-state index is 4.70. The third-order valence-corrected chi connectivity index (χ3v) is 4.33. The van der Waals surface area contributed by atoms with E-state index in [1.165, 1.54) is 30.6 Å². The van der Waals surface area contributed by atoms with Crippen LogP contribution in [0, 0.1) is 5.92 Å². The number of pyridine rings is 1. The number of hydrogen-bond donors (Lipinski definition) is 1. The molecule has 3 nitrogen and oxygen atoms in total. The van der Waals surface area contributed by atoms with Crippen molar-refractivity contribution in [1.29, 1.82) is 0 Å². The molecule has 0 aromatic carbocycles. The van der Waals surface area contributed by atoms with Crippen LogP contribution in [0.1, 0.15) is 45.6 Å². The molecule has 1 atom stereocenters. The summed E-state index contributed by atoms with van der Waals surface area (Å²) in [6.45, 7) is 9.83. The molecule has 1 fully saturated rings. The number of halogens is 1. The quantitative estimate of drug-likeness (QED) is 0.849. The van der Waals surface area contributed by atoms with Crippen LogP contribution in [0.3, 0.4) is 0 Å². The van der Waals surface area contributed by atoms with Gasteiger partial charge in [-0.3, -0.25) is 0 Å². The van der Waals surface area contributed by atoms with Crippen LogP contribution in [0.15, 0.2) is 16.7 Å². The number of rotatable bonds is 6. The van der Waals surface area contributed by atoms with Gasteiger partial charge in [0.25, 0.3) is 0 Å². The standard InChI is InChI=1S/C16H26BrN3/c1-4-15-6-5-7-20(15)16-13(8-14(17)11-19-16)10-18-9-12(2)3/h8,11-12,15,18H,4-7,9-10H2,1-3H3. The molecule has 0 radical (unpaired) electrons. The Labute approximate surface area is 131 Å². The van der Waals surface area contributed by atoms with Crippen LogP contribution >= 0.6 is 15.9 Å². The van der Waals surface area contributed by atoms with Gasteiger partial charge in [-0.05, 0) is 53.7 Å². The zero-order chi connectivity index (χ0) is 14.5. The Morgan fingerprint density at radius 2 is 2.30 bits per heavy atom. The second kappa shape index (κ2) is 7.41. The molecule has 2 heterocycles. The number of hydrogen-bond acceptors (Lipinski definition) is 3. The van der Waals surface area contributed by atoms with Crippen LogP contribution in [0.25, 0.3) is 0 Å². The minimum absolute atomic E-state index is 0.660. The highest BCUT2D eigenvalue weighted by molar-refractivity contribution is 9.10. The SMILES string of the molecule is CCC1CCCN1c1ncc(Br)cc1CNCC(C)C. The van der Waals surface area contributed by atoms with Crippen molar-refractivity contribution in [3.63, 3.8) is 0 Å². The molecule has 1 aliphatic heterocycles. The van der Waals surface area contributed by atoms with E-state index in [4.69, 9.17) is 4.98 Å². The lowest BCUT2D eigenvalue weighted by Gasteiger charge is -2.27. The maximum atomic E-state index is 4.70. The molecular weight excluding hydrogens is 314 g/mol. The monoisotopic (exact) mass is 339 g/mol. The topological polar surface area (TPSA) is 28.2 Å². The van der Waals surface area contributed by atoms with Gasteiger partial charge in [0, 0.05) is 35.4 Å². The Kier molecular flexibility index (Phi) is 5.85. The summed E-state index contributed by atoms with van der Waals surface area (Å²) in [7, 11) is 0. The number of aromatic nitrogens is 1. The zero-order valence-corrected chi connectivity index (χ0v) is 14.4. The Hall–Kier alpha value is -0.610. The summed E-state index contributed by atoms with van der Waals surface area (Å²) in [4.78, 5) is 7.19. The average molecular weight is 340 g/mol. The molecule has 0 saturated carbocycles. The molecule has 1 aromatic heterocycles. The van der Waals surface area contributed by atoms with Crippen LogP contribution in [-0.2, 0) is 6.54 Å². The van der Waals surface area contributed by atoms with Gasteiger partial charge in [0.05, 0.1) is 0 Å². The van der Waals surface area contributed by atoms with Crippen LogP contribution in [0.2, 0.25) is 0 Å². The Morgan fingerprint density at radius 3 is 3.00 bits per heavy atom. The van der Waals surface area contributed by atoms with Gasteiger partial charge in [0.2, 0.25) is 0 Å². The number of nitrogens with zero attached hydrogens (tertiary/aromatic N) is 2. The maximum Gasteiger partial charge on any atom is 0.133 e. The van der Waals surface area contributed by atoms with Crippen LogP contribution in [0.4, 0.5) is 5.82 Å². The molecular formula is C16H26BrN3. The highest BCUT2D eigenvalue weighted by Crippen LogP contribution is 2.29. The fourth-order valence-electron chi connectivity index (χ4n) is 2.90. The molecule has 0 bridgehead atoms. The minimum atomic E-state index is 0.660. The third-order valence-electron chi connectivity index (χ3n) is 3.90. The molecule has 0 amide bonds. The van der Waals surface area contributed by atoms with Crippen molar-refractivity contribution in [3.05, 3.63) is 22.3 Å². The molecule has 1 N–H and O–H groups in total. The average Bonchev–Trinajstić information content (AvgIpc) is 2.86. The van der Waals surface area contributed by atoms with Crippen molar-refractivity contribution in [1.82, 2.24) is 10.3 Å². The lowest BCUT2D eigenvalue weighted by molar-refractivity contribution is 0.550. The van der Waals surface area contributed by atoms with Gasteiger partial charge < -0.3 is 10.2 Å². The van der Waals surface area contributed by atoms with Crippen molar-refractivity contribution in [2.75, 3.05) is 18.0 Å². The van der Waals surface area contributed by atoms with Crippen molar-refractivity contribution < 1.29 is 0 Å².